The highest BCUT2D eigenvalue weighted by Gasteiger charge is 2.11. The third-order valence-corrected chi connectivity index (χ3v) is 3.32. The van der Waals surface area contributed by atoms with Crippen LogP contribution in [0.1, 0.15) is 38.8 Å². The summed E-state index contributed by atoms with van der Waals surface area (Å²) in [6.45, 7) is 6.97. The second-order valence-electron chi connectivity index (χ2n) is 5.23. The minimum Gasteiger partial charge on any atom is -0.327 e. The molecule has 0 saturated heterocycles. The fourth-order valence-electron chi connectivity index (χ4n) is 1.77. The van der Waals surface area contributed by atoms with Crippen molar-refractivity contribution in [1.82, 2.24) is 4.90 Å². The van der Waals surface area contributed by atoms with E-state index in [2.05, 4.69) is 19.2 Å². The van der Waals surface area contributed by atoms with Gasteiger partial charge in [-0.15, -0.1) is 0 Å². The van der Waals surface area contributed by atoms with E-state index in [9.17, 15) is 4.79 Å². The van der Waals surface area contributed by atoms with Gasteiger partial charge < -0.3 is 16.0 Å². The van der Waals surface area contributed by atoms with E-state index in [0.717, 1.165) is 24.2 Å². The number of anilines is 1. The first-order chi connectivity index (χ1) is 8.93. The van der Waals surface area contributed by atoms with Gasteiger partial charge in [0.2, 0.25) is 0 Å². The molecule has 0 spiro atoms. The van der Waals surface area contributed by atoms with Gasteiger partial charge in [-0.1, -0.05) is 32.4 Å². The van der Waals surface area contributed by atoms with E-state index < -0.39 is 0 Å². The third kappa shape index (κ3) is 4.91. The molecule has 2 unspecified atom stereocenters. The van der Waals surface area contributed by atoms with Gasteiger partial charge in [0.05, 0.1) is 0 Å². The topological polar surface area (TPSA) is 58.4 Å². The number of hydrogen-bond donors (Lipinski definition) is 2. The van der Waals surface area contributed by atoms with Crippen molar-refractivity contribution < 1.29 is 4.79 Å². The Balaban J connectivity index is 2.56. The quantitative estimate of drug-likeness (QED) is 0.857. The van der Waals surface area contributed by atoms with Crippen molar-refractivity contribution >= 4 is 11.7 Å². The number of benzene rings is 1. The number of urea groups is 1. The van der Waals surface area contributed by atoms with Crippen LogP contribution >= 0.6 is 0 Å². The molecule has 0 radical (unpaired) electrons. The lowest BCUT2D eigenvalue weighted by Crippen LogP contribution is -2.34. The molecule has 0 aliphatic heterocycles. The Kier molecular flexibility index (Phi) is 5.83. The first-order valence-electron chi connectivity index (χ1n) is 6.81. The number of carbonyl (C=O) groups is 1. The summed E-state index contributed by atoms with van der Waals surface area (Å²) >= 11 is 0. The van der Waals surface area contributed by atoms with Crippen LogP contribution in [0.25, 0.3) is 0 Å². The first kappa shape index (κ1) is 15.5. The smallest absolute Gasteiger partial charge is 0.321 e. The summed E-state index contributed by atoms with van der Waals surface area (Å²) < 4.78 is 0. The summed E-state index contributed by atoms with van der Waals surface area (Å²) in [6.07, 6.45) is 1.07. The first-order valence-corrected chi connectivity index (χ1v) is 6.81. The maximum Gasteiger partial charge on any atom is 0.321 e. The Bertz CT molecular complexity index is 400. The number of rotatable bonds is 5. The molecule has 1 rings (SSSR count). The number of hydrogen-bond acceptors (Lipinski definition) is 2. The van der Waals surface area contributed by atoms with E-state index in [-0.39, 0.29) is 12.1 Å². The van der Waals surface area contributed by atoms with Crippen LogP contribution in [0.3, 0.4) is 0 Å². The van der Waals surface area contributed by atoms with Crippen molar-refractivity contribution in [2.45, 2.75) is 33.2 Å². The molecule has 0 saturated carbocycles. The monoisotopic (exact) mass is 263 g/mol. The molecule has 0 aliphatic carbocycles. The molecule has 3 N–H and O–H groups in total. The van der Waals surface area contributed by atoms with Gasteiger partial charge in [0.25, 0.3) is 0 Å². The average molecular weight is 263 g/mol. The predicted molar refractivity (Wildman–Crippen MR) is 80.1 cm³/mol. The fraction of sp³-hybridized carbons (Fsp3) is 0.533. The molecule has 4 nitrogen and oxygen atoms in total. The molecule has 0 bridgehead atoms. The van der Waals surface area contributed by atoms with E-state index in [1.807, 2.05) is 38.2 Å². The highest BCUT2D eigenvalue weighted by Crippen LogP contribution is 2.14. The molecular formula is C15H25N3O. The highest BCUT2D eigenvalue weighted by molar-refractivity contribution is 5.89. The molecule has 2 amide bonds. The van der Waals surface area contributed by atoms with Gasteiger partial charge in [-0.3, -0.25) is 0 Å². The van der Waals surface area contributed by atoms with Crippen LogP contribution in [0.2, 0.25) is 0 Å². The number of nitrogens with zero attached hydrogens (tertiary/aromatic N) is 1. The van der Waals surface area contributed by atoms with Crippen LogP contribution in [0.5, 0.6) is 0 Å². The molecular weight excluding hydrogens is 238 g/mol. The number of carbonyl (C=O) groups excluding carboxylic acids is 1. The zero-order valence-electron chi connectivity index (χ0n) is 12.3. The van der Waals surface area contributed by atoms with Gasteiger partial charge in [-0.25, -0.2) is 4.79 Å². The Hall–Kier alpha value is -1.55. The summed E-state index contributed by atoms with van der Waals surface area (Å²) in [5.41, 5.74) is 7.65. The number of nitrogens with one attached hydrogen (secondary N) is 1. The van der Waals surface area contributed by atoms with E-state index in [4.69, 9.17) is 5.73 Å². The molecule has 4 heteroatoms. The molecule has 2 atom stereocenters. The SMILES string of the molecule is CCC(C)CN(C)C(=O)Nc1ccc(C(C)N)cc1. The van der Waals surface area contributed by atoms with Gasteiger partial charge in [-0.2, -0.15) is 0 Å². The molecule has 1 aromatic carbocycles. The normalized spacial score (nSPS) is 13.7. The molecule has 19 heavy (non-hydrogen) atoms. The lowest BCUT2D eigenvalue weighted by atomic mass is 10.1. The van der Waals surface area contributed by atoms with Gasteiger partial charge >= 0.3 is 6.03 Å². The molecule has 106 valence electrons. The standard InChI is InChI=1S/C15H25N3O/c1-5-11(2)10-18(4)15(19)17-14-8-6-13(7-9-14)12(3)16/h6-9,11-12H,5,10,16H2,1-4H3,(H,17,19). The Morgan fingerprint density at radius 2 is 1.89 bits per heavy atom. The maximum absolute atomic E-state index is 12.0. The Labute approximate surface area is 116 Å². The minimum absolute atomic E-state index is 0.0119. The average Bonchev–Trinajstić information content (AvgIpc) is 2.38. The van der Waals surface area contributed by atoms with E-state index in [1.54, 1.807) is 4.90 Å². The van der Waals surface area contributed by atoms with Crippen LogP contribution in [0.15, 0.2) is 24.3 Å². The third-order valence-electron chi connectivity index (χ3n) is 3.32. The molecule has 0 heterocycles. The number of nitrogens with two attached hydrogens (primary N) is 1. The zero-order valence-corrected chi connectivity index (χ0v) is 12.3. The van der Waals surface area contributed by atoms with Crippen LogP contribution < -0.4 is 11.1 Å². The molecule has 0 fully saturated rings. The highest BCUT2D eigenvalue weighted by atomic mass is 16.2. The zero-order chi connectivity index (χ0) is 14.4. The van der Waals surface area contributed by atoms with Gasteiger partial charge in [0.1, 0.15) is 0 Å². The van der Waals surface area contributed by atoms with E-state index >= 15 is 0 Å². The summed E-state index contributed by atoms with van der Waals surface area (Å²) in [5, 5.41) is 2.88. The summed E-state index contributed by atoms with van der Waals surface area (Å²) in [7, 11) is 1.82. The van der Waals surface area contributed by atoms with E-state index in [1.165, 1.54) is 0 Å². The lowest BCUT2D eigenvalue weighted by molar-refractivity contribution is 0.215. The van der Waals surface area contributed by atoms with Crippen LogP contribution in [0.4, 0.5) is 10.5 Å². The van der Waals surface area contributed by atoms with Gasteiger partial charge in [-0.05, 0) is 30.5 Å². The lowest BCUT2D eigenvalue weighted by Gasteiger charge is -2.21. The summed E-state index contributed by atoms with van der Waals surface area (Å²) in [6, 6.07) is 7.58. The minimum atomic E-state index is -0.0751. The Morgan fingerprint density at radius 3 is 2.37 bits per heavy atom. The van der Waals surface area contributed by atoms with Gasteiger partial charge in [0.15, 0.2) is 0 Å². The number of amides is 2. The van der Waals surface area contributed by atoms with Crippen molar-refractivity contribution in [3.8, 4) is 0 Å². The van der Waals surface area contributed by atoms with Crippen molar-refractivity contribution in [3.63, 3.8) is 0 Å². The summed E-state index contributed by atoms with van der Waals surface area (Å²) in [5.74, 6) is 0.510. The maximum atomic E-state index is 12.0. The molecule has 1 aromatic rings. The van der Waals surface area contributed by atoms with Crippen molar-refractivity contribution in [2.75, 3.05) is 18.9 Å². The van der Waals surface area contributed by atoms with Crippen LogP contribution in [0, 0.1) is 5.92 Å². The fourth-order valence-corrected chi connectivity index (χ4v) is 1.77. The van der Waals surface area contributed by atoms with Crippen molar-refractivity contribution in [1.29, 1.82) is 0 Å². The van der Waals surface area contributed by atoms with Crippen LogP contribution in [-0.2, 0) is 0 Å². The molecule has 0 aromatic heterocycles. The van der Waals surface area contributed by atoms with E-state index in [0.29, 0.717) is 5.92 Å². The second kappa shape index (κ2) is 7.14. The van der Waals surface area contributed by atoms with Crippen molar-refractivity contribution in [3.05, 3.63) is 29.8 Å². The Morgan fingerprint density at radius 1 is 1.32 bits per heavy atom. The summed E-state index contributed by atoms with van der Waals surface area (Å²) in [4.78, 5) is 13.7. The predicted octanol–water partition coefficient (Wildman–Crippen LogP) is 3.22. The second-order valence-corrected chi connectivity index (χ2v) is 5.23. The largest absolute Gasteiger partial charge is 0.327 e. The molecule has 0 aliphatic rings. The van der Waals surface area contributed by atoms with Crippen molar-refractivity contribution in [2.24, 2.45) is 11.7 Å². The van der Waals surface area contributed by atoms with Crippen LogP contribution in [-0.4, -0.2) is 24.5 Å². The van der Waals surface area contributed by atoms with Gasteiger partial charge in [0, 0.05) is 25.3 Å².